The number of nitrogens with zero attached hydrogens (tertiary/aromatic N) is 1. The molecule has 1 unspecified atom stereocenters. The summed E-state index contributed by atoms with van der Waals surface area (Å²) in [5, 5.41) is 6.65. The number of carbonyl (C=O) groups excluding carboxylic acids is 1. The Kier molecular flexibility index (Phi) is 3.88. The number of carbonyl (C=O) groups is 1. The monoisotopic (exact) mass is 267 g/mol. The first-order valence-electron chi connectivity index (χ1n) is 6.15. The summed E-state index contributed by atoms with van der Waals surface area (Å²) < 4.78 is 0. The molecular formula is C13H18ClN3O. The van der Waals surface area contributed by atoms with E-state index in [4.69, 9.17) is 11.6 Å². The highest BCUT2D eigenvalue weighted by Gasteiger charge is 2.37. The zero-order chi connectivity index (χ0) is 13.2. The van der Waals surface area contributed by atoms with Gasteiger partial charge in [0.2, 0.25) is 5.91 Å². The number of hydrogen-bond acceptors (Lipinski definition) is 3. The van der Waals surface area contributed by atoms with Crippen LogP contribution in [0.15, 0.2) is 18.3 Å². The van der Waals surface area contributed by atoms with Gasteiger partial charge in [0.15, 0.2) is 0 Å². The number of hydrogen-bond donors (Lipinski definition) is 2. The fourth-order valence-corrected chi connectivity index (χ4v) is 2.49. The fourth-order valence-electron chi connectivity index (χ4n) is 2.33. The van der Waals surface area contributed by atoms with Crippen molar-refractivity contribution in [1.29, 1.82) is 0 Å². The lowest BCUT2D eigenvalue weighted by molar-refractivity contribution is -0.121. The maximum Gasteiger partial charge on any atom is 0.243 e. The highest BCUT2D eigenvalue weighted by molar-refractivity contribution is 6.30. The summed E-state index contributed by atoms with van der Waals surface area (Å²) in [6, 6.07) is 3.14. The van der Waals surface area contributed by atoms with Gasteiger partial charge in [-0.05, 0) is 36.9 Å². The lowest BCUT2D eigenvalue weighted by Crippen LogP contribution is -2.53. The van der Waals surface area contributed by atoms with Crippen LogP contribution in [0.3, 0.4) is 0 Å². The Morgan fingerprint density at radius 1 is 1.61 bits per heavy atom. The Balaban J connectivity index is 2.07. The van der Waals surface area contributed by atoms with E-state index < -0.39 is 0 Å². The molecule has 0 aromatic carbocycles. The van der Waals surface area contributed by atoms with Crippen LogP contribution in [0.25, 0.3) is 0 Å². The molecule has 4 nitrogen and oxygen atoms in total. The lowest BCUT2D eigenvalue weighted by Gasteiger charge is -2.38. The van der Waals surface area contributed by atoms with E-state index in [0.29, 0.717) is 10.8 Å². The van der Waals surface area contributed by atoms with Gasteiger partial charge in [0.25, 0.3) is 0 Å². The molecule has 1 saturated heterocycles. The van der Waals surface area contributed by atoms with Crippen LogP contribution in [0.5, 0.6) is 0 Å². The molecule has 1 aromatic heterocycles. The SMILES string of the molecule is CC1(C)CCCNC1C(=O)Nc1cc(Cl)ccn1. The summed E-state index contributed by atoms with van der Waals surface area (Å²) in [6.07, 6.45) is 3.73. The van der Waals surface area contributed by atoms with E-state index in [1.807, 2.05) is 0 Å². The first-order chi connectivity index (χ1) is 8.49. The quantitative estimate of drug-likeness (QED) is 0.865. The summed E-state index contributed by atoms with van der Waals surface area (Å²) in [5.41, 5.74) is -0.0408. The van der Waals surface area contributed by atoms with Crippen LogP contribution < -0.4 is 10.6 Å². The van der Waals surface area contributed by atoms with Gasteiger partial charge >= 0.3 is 0 Å². The van der Waals surface area contributed by atoms with Crippen LogP contribution in [-0.4, -0.2) is 23.5 Å². The minimum absolute atomic E-state index is 0.0408. The third-order valence-electron chi connectivity index (χ3n) is 3.36. The van der Waals surface area contributed by atoms with Crippen molar-refractivity contribution >= 4 is 23.3 Å². The number of amides is 1. The molecule has 1 aliphatic heterocycles. The molecule has 2 rings (SSSR count). The standard InChI is InChI=1S/C13H18ClN3O/c1-13(2)5-3-6-16-11(13)12(18)17-10-8-9(14)4-7-15-10/h4,7-8,11,16H,3,5-6H2,1-2H3,(H,15,17,18). The van der Waals surface area contributed by atoms with Crippen molar-refractivity contribution in [3.8, 4) is 0 Å². The second-order valence-corrected chi connectivity index (χ2v) is 5.76. The molecule has 0 spiro atoms. The maximum absolute atomic E-state index is 12.2. The molecule has 1 atom stereocenters. The highest BCUT2D eigenvalue weighted by atomic mass is 35.5. The molecule has 1 fully saturated rings. The van der Waals surface area contributed by atoms with E-state index in [1.54, 1.807) is 18.3 Å². The minimum Gasteiger partial charge on any atom is -0.309 e. The van der Waals surface area contributed by atoms with E-state index in [9.17, 15) is 4.79 Å². The summed E-state index contributed by atoms with van der Waals surface area (Å²) in [7, 11) is 0. The van der Waals surface area contributed by atoms with Crippen LogP contribution in [0.1, 0.15) is 26.7 Å². The van der Waals surface area contributed by atoms with E-state index in [-0.39, 0.29) is 17.4 Å². The summed E-state index contributed by atoms with van der Waals surface area (Å²) in [6.45, 7) is 5.09. The molecule has 1 amide bonds. The third-order valence-corrected chi connectivity index (χ3v) is 3.60. The van der Waals surface area contributed by atoms with Gasteiger partial charge < -0.3 is 10.6 Å². The van der Waals surface area contributed by atoms with Crippen LogP contribution in [-0.2, 0) is 4.79 Å². The van der Waals surface area contributed by atoms with Crippen molar-refractivity contribution in [3.63, 3.8) is 0 Å². The number of nitrogens with one attached hydrogen (secondary N) is 2. The Bertz CT molecular complexity index is 448. The van der Waals surface area contributed by atoms with Crippen molar-refractivity contribution in [2.45, 2.75) is 32.7 Å². The van der Waals surface area contributed by atoms with Crippen molar-refractivity contribution in [3.05, 3.63) is 23.4 Å². The molecule has 98 valence electrons. The Hall–Kier alpha value is -1.13. The van der Waals surface area contributed by atoms with E-state index in [1.165, 1.54) is 0 Å². The van der Waals surface area contributed by atoms with Gasteiger partial charge in [0, 0.05) is 11.2 Å². The van der Waals surface area contributed by atoms with Gasteiger partial charge in [0.1, 0.15) is 5.82 Å². The van der Waals surface area contributed by atoms with E-state index >= 15 is 0 Å². The lowest BCUT2D eigenvalue weighted by atomic mass is 9.77. The molecule has 1 aromatic rings. The number of halogens is 1. The van der Waals surface area contributed by atoms with Gasteiger partial charge in [-0.1, -0.05) is 25.4 Å². The van der Waals surface area contributed by atoms with Crippen molar-refractivity contribution in [1.82, 2.24) is 10.3 Å². The number of anilines is 1. The summed E-state index contributed by atoms with van der Waals surface area (Å²) >= 11 is 5.86. The first kappa shape index (κ1) is 13.3. The summed E-state index contributed by atoms with van der Waals surface area (Å²) in [4.78, 5) is 16.3. The van der Waals surface area contributed by atoms with Crippen LogP contribution in [0.2, 0.25) is 5.02 Å². The molecule has 0 aliphatic carbocycles. The average Bonchev–Trinajstić information content (AvgIpc) is 2.28. The van der Waals surface area contributed by atoms with Crippen molar-refractivity contribution < 1.29 is 4.79 Å². The third kappa shape index (κ3) is 3.00. The Morgan fingerprint density at radius 3 is 3.06 bits per heavy atom. The van der Waals surface area contributed by atoms with Crippen molar-refractivity contribution in [2.24, 2.45) is 5.41 Å². The Morgan fingerprint density at radius 2 is 2.39 bits per heavy atom. The second-order valence-electron chi connectivity index (χ2n) is 5.33. The molecule has 5 heteroatoms. The molecule has 0 saturated carbocycles. The highest BCUT2D eigenvalue weighted by Crippen LogP contribution is 2.30. The molecule has 2 heterocycles. The van der Waals surface area contributed by atoms with E-state index in [0.717, 1.165) is 19.4 Å². The number of aromatic nitrogens is 1. The average molecular weight is 268 g/mol. The maximum atomic E-state index is 12.2. The fraction of sp³-hybridized carbons (Fsp3) is 0.538. The normalized spacial score (nSPS) is 22.5. The van der Waals surface area contributed by atoms with Crippen LogP contribution >= 0.6 is 11.6 Å². The molecule has 2 N–H and O–H groups in total. The van der Waals surface area contributed by atoms with Crippen molar-refractivity contribution in [2.75, 3.05) is 11.9 Å². The zero-order valence-electron chi connectivity index (χ0n) is 10.7. The molecule has 0 bridgehead atoms. The van der Waals surface area contributed by atoms with Gasteiger partial charge in [-0.15, -0.1) is 0 Å². The number of rotatable bonds is 2. The largest absolute Gasteiger partial charge is 0.309 e. The summed E-state index contributed by atoms with van der Waals surface area (Å²) in [5.74, 6) is 0.449. The minimum atomic E-state index is -0.188. The number of piperidine rings is 1. The topological polar surface area (TPSA) is 54.0 Å². The molecule has 1 aliphatic rings. The van der Waals surface area contributed by atoms with Crippen LogP contribution in [0, 0.1) is 5.41 Å². The smallest absolute Gasteiger partial charge is 0.243 e. The van der Waals surface area contributed by atoms with Gasteiger partial charge in [0.05, 0.1) is 6.04 Å². The predicted molar refractivity (Wildman–Crippen MR) is 72.7 cm³/mol. The first-order valence-corrected chi connectivity index (χ1v) is 6.53. The molecule has 18 heavy (non-hydrogen) atoms. The Labute approximate surface area is 112 Å². The van der Waals surface area contributed by atoms with Gasteiger partial charge in [-0.2, -0.15) is 0 Å². The molecule has 0 radical (unpaired) electrons. The van der Waals surface area contributed by atoms with Gasteiger partial charge in [-0.3, -0.25) is 4.79 Å². The van der Waals surface area contributed by atoms with Gasteiger partial charge in [-0.25, -0.2) is 4.98 Å². The number of pyridine rings is 1. The predicted octanol–water partition coefficient (Wildman–Crippen LogP) is 2.45. The zero-order valence-corrected chi connectivity index (χ0v) is 11.4. The van der Waals surface area contributed by atoms with Crippen LogP contribution in [0.4, 0.5) is 5.82 Å². The second kappa shape index (κ2) is 5.24. The molecular weight excluding hydrogens is 250 g/mol. The van der Waals surface area contributed by atoms with E-state index in [2.05, 4.69) is 29.5 Å².